The first-order chi connectivity index (χ1) is 14.3. The van der Waals surface area contributed by atoms with Crippen LogP contribution in [0.5, 0.6) is 0 Å². The van der Waals surface area contributed by atoms with Crippen LogP contribution in [0.1, 0.15) is 65.8 Å². The molecule has 0 bridgehead atoms. The number of hydrogen-bond donors (Lipinski definition) is 1. The summed E-state index contributed by atoms with van der Waals surface area (Å²) in [5, 5.41) is 9.53. The van der Waals surface area contributed by atoms with Crippen LogP contribution >= 0.6 is 0 Å². The monoisotopic (exact) mass is 382 g/mol. The topological polar surface area (TPSA) is 20.2 Å². The van der Waals surface area contributed by atoms with E-state index in [0.717, 1.165) is 18.8 Å². The van der Waals surface area contributed by atoms with Gasteiger partial charge in [0.25, 0.3) is 0 Å². The molecule has 29 heavy (non-hydrogen) atoms. The van der Waals surface area contributed by atoms with Crippen molar-refractivity contribution in [2.24, 2.45) is 0 Å². The van der Waals surface area contributed by atoms with Gasteiger partial charge >= 0.3 is 0 Å². The van der Waals surface area contributed by atoms with Crippen molar-refractivity contribution in [3.63, 3.8) is 0 Å². The lowest BCUT2D eigenvalue weighted by Gasteiger charge is -2.26. The van der Waals surface area contributed by atoms with Gasteiger partial charge in [0.15, 0.2) is 0 Å². The Bertz CT molecular complexity index is 945. The summed E-state index contributed by atoms with van der Waals surface area (Å²) >= 11 is 0. The van der Waals surface area contributed by atoms with Crippen molar-refractivity contribution in [3.05, 3.63) is 107 Å². The molecule has 1 saturated carbocycles. The van der Waals surface area contributed by atoms with Gasteiger partial charge < -0.3 is 5.11 Å². The molecule has 1 aliphatic rings. The minimum Gasteiger partial charge on any atom is -0.396 e. The number of allylic oxidation sites excluding steroid dienone is 1. The molecule has 1 heteroatoms. The molecule has 0 aliphatic heterocycles. The minimum atomic E-state index is 0.206. The maximum absolute atomic E-state index is 9.53. The van der Waals surface area contributed by atoms with Gasteiger partial charge in [0.05, 0.1) is 0 Å². The minimum absolute atomic E-state index is 0.206. The Morgan fingerprint density at radius 3 is 1.97 bits per heavy atom. The maximum Gasteiger partial charge on any atom is 0.0434 e. The first kappa shape index (κ1) is 19.7. The molecule has 0 radical (unpaired) electrons. The highest BCUT2D eigenvalue weighted by Crippen LogP contribution is 2.39. The summed E-state index contributed by atoms with van der Waals surface area (Å²) < 4.78 is 0. The van der Waals surface area contributed by atoms with E-state index in [1.807, 2.05) is 0 Å². The van der Waals surface area contributed by atoms with Crippen molar-refractivity contribution < 1.29 is 5.11 Å². The molecule has 3 aromatic carbocycles. The molecule has 3 aromatic rings. The van der Waals surface area contributed by atoms with Crippen LogP contribution in [0.25, 0.3) is 11.1 Å². The summed E-state index contributed by atoms with van der Waals surface area (Å²) in [4.78, 5) is 0. The van der Waals surface area contributed by atoms with E-state index in [9.17, 15) is 5.11 Å². The molecule has 0 atom stereocenters. The van der Waals surface area contributed by atoms with Gasteiger partial charge in [0.2, 0.25) is 0 Å². The molecule has 0 amide bonds. The third-order valence-electron chi connectivity index (χ3n) is 6.13. The molecular formula is C28H30O. The zero-order chi connectivity index (χ0) is 20.1. The molecule has 0 heterocycles. The summed E-state index contributed by atoms with van der Waals surface area (Å²) in [6.07, 6.45) is 5.63. The lowest BCUT2D eigenvalue weighted by Crippen LogP contribution is -2.08. The van der Waals surface area contributed by atoms with Gasteiger partial charge in [-0.25, -0.2) is 0 Å². The number of aliphatic hydroxyl groups is 1. The molecule has 0 saturated heterocycles. The zero-order valence-electron chi connectivity index (χ0n) is 17.3. The van der Waals surface area contributed by atoms with Crippen LogP contribution in [-0.4, -0.2) is 11.7 Å². The van der Waals surface area contributed by atoms with Crippen molar-refractivity contribution in [1.29, 1.82) is 0 Å². The van der Waals surface area contributed by atoms with Crippen molar-refractivity contribution in [3.8, 4) is 0 Å². The first-order valence-electron chi connectivity index (χ1n) is 10.8. The van der Waals surface area contributed by atoms with Crippen LogP contribution in [0.2, 0.25) is 0 Å². The van der Waals surface area contributed by atoms with Gasteiger partial charge in [-0.1, -0.05) is 90.8 Å². The van der Waals surface area contributed by atoms with Gasteiger partial charge in [-0.2, -0.15) is 0 Å². The largest absolute Gasteiger partial charge is 0.396 e. The summed E-state index contributed by atoms with van der Waals surface area (Å²) in [5.74, 6) is 0.749. The fourth-order valence-corrected chi connectivity index (χ4v) is 4.21. The predicted molar refractivity (Wildman–Crippen MR) is 123 cm³/mol. The standard InChI is InChI=1S/C28H30O/c1-21-12-14-25(15-13-21)28(26-18-16-23(17-19-26)22-9-5-10-22)27(11-6-20-29)24-7-3-2-4-8-24/h2-4,7-8,12-19,22,29H,5-6,9-11,20H2,1H3/b28-27-. The second-order valence-electron chi connectivity index (χ2n) is 8.16. The molecular weight excluding hydrogens is 352 g/mol. The van der Waals surface area contributed by atoms with E-state index >= 15 is 0 Å². The smallest absolute Gasteiger partial charge is 0.0434 e. The van der Waals surface area contributed by atoms with Crippen LogP contribution in [-0.2, 0) is 0 Å². The van der Waals surface area contributed by atoms with Gasteiger partial charge in [0, 0.05) is 6.61 Å². The van der Waals surface area contributed by atoms with Gasteiger partial charge in [-0.3, -0.25) is 0 Å². The van der Waals surface area contributed by atoms with E-state index in [-0.39, 0.29) is 6.61 Å². The Hall–Kier alpha value is -2.64. The van der Waals surface area contributed by atoms with Gasteiger partial charge in [-0.05, 0) is 71.9 Å². The van der Waals surface area contributed by atoms with E-state index in [1.165, 1.54) is 58.2 Å². The van der Waals surface area contributed by atoms with Gasteiger partial charge in [0.1, 0.15) is 0 Å². The van der Waals surface area contributed by atoms with E-state index in [4.69, 9.17) is 0 Å². The Balaban J connectivity index is 1.85. The Kier molecular flexibility index (Phi) is 6.27. The summed E-state index contributed by atoms with van der Waals surface area (Å²) in [6, 6.07) is 28.7. The Labute approximate surface area is 174 Å². The second-order valence-corrected chi connectivity index (χ2v) is 8.16. The van der Waals surface area contributed by atoms with E-state index in [2.05, 4.69) is 85.8 Å². The lowest BCUT2D eigenvalue weighted by molar-refractivity contribution is 0.290. The van der Waals surface area contributed by atoms with Crippen molar-refractivity contribution in [2.75, 3.05) is 6.61 Å². The SMILES string of the molecule is Cc1ccc(/C(=C(\CCCO)c2ccccc2)c2ccc(C3CCC3)cc2)cc1. The molecule has 1 N–H and O–H groups in total. The fraction of sp³-hybridized carbons (Fsp3) is 0.286. The fourth-order valence-electron chi connectivity index (χ4n) is 4.21. The summed E-state index contributed by atoms with van der Waals surface area (Å²) in [6.45, 7) is 2.34. The first-order valence-corrected chi connectivity index (χ1v) is 10.8. The van der Waals surface area contributed by atoms with E-state index < -0.39 is 0 Å². The molecule has 0 unspecified atom stereocenters. The normalized spacial score (nSPS) is 15.0. The lowest BCUT2D eigenvalue weighted by atomic mass is 9.79. The third-order valence-corrected chi connectivity index (χ3v) is 6.13. The molecule has 1 nitrogen and oxygen atoms in total. The number of benzene rings is 3. The van der Waals surface area contributed by atoms with E-state index in [0.29, 0.717) is 0 Å². The molecule has 0 spiro atoms. The van der Waals surface area contributed by atoms with Crippen molar-refractivity contribution in [2.45, 2.75) is 44.9 Å². The van der Waals surface area contributed by atoms with Crippen LogP contribution < -0.4 is 0 Å². The molecule has 1 fully saturated rings. The third kappa shape index (κ3) is 4.52. The number of hydrogen-bond acceptors (Lipinski definition) is 1. The highest BCUT2D eigenvalue weighted by Gasteiger charge is 2.20. The Morgan fingerprint density at radius 1 is 0.793 bits per heavy atom. The zero-order valence-corrected chi connectivity index (χ0v) is 17.3. The predicted octanol–water partition coefficient (Wildman–Crippen LogP) is 6.99. The molecule has 1 aliphatic carbocycles. The molecule has 4 rings (SSSR count). The maximum atomic E-state index is 9.53. The number of aliphatic hydroxyl groups excluding tert-OH is 1. The summed E-state index contributed by atoms with van der Waals surface area (Å²) in [5.41, 5.74) is 9.06. The molecule has 0 aromatic heterocycles. The van der Waals surface area contributed by atoms with Crippen LogP contribution in [0, 0.1) is 6.92 Å². The van der Waals surface area contributed by atoms with Crippen LogP contribution in [0.15, 0.2) is 78.9 Å². The average Bonchev–Trinajstić information content (AvgIpc) is 2.72. The summed E-state index contributed by atoms with van der Waals surface area (Å²) in [7, 11) is 0. The second kappa shape index (κ2) is 9.24. The number of aryl methyl sites for hydroxylation is 1. The molecule has 148 valence electrons. The van der Waals surface area contributed by atoms with Crippen molar-refractivity contribution in [1.82, 2.24) is 0 Å². The highest BCUT2D eigenvalue weighted by atomic mass is 16.2. The van der Waals surface area contributed by atoms with E-state index in [1.54, 1.807) is 0 Å². The van der Waals surface area contributed by atoms with Crippen LogP contribution in [0.3, 0.4) is 0 Å². The Morgan fingerprint density at radius 2 is 1.41 bits per heavy atom. The number of rotatable bonds is 7. The average molecular weight is 383 g/mol. The highest BCUT2D eigenvalue weighted by molar-refractivity contribution is 5.98. The quantitative estimate of drug-likeness (QED) is 0.436. The van der Waals surface area contributed by atoms with Gasteiger partial charge in [-0.15, -0.1) is 0 Å². The van der Waals surface area contributed by atoms with Crippen LogP contribution in [0.4, 0.5) is 0 Å². The van der Waals surface area contributed by atoms with Crippen molar-refractivity contribution >= 4 is 11.1 Å².